The second-order valence-electron chi connectivity index (χ2n) is 4.83. The van der Waals surface area contributed by atoms with Gasteiger partial charge in [0.2, 0.25) is 5.88 Å². The van der Waals surface area contributed by atoms with E-state index in [4.69, 9.17) is 16.3 Å². The predicted molar refractivity (Wildman–Crippen MR) is 85.4 cm³/mol. The molecule has 0 radical (unpaired) electrons. The number of aromatic nitrogens is 1. The molecule has 0 spiro atoms. The minimum atomic E-state index is -0.391. The first-order valence-electron chi connectivity index (χ1n) is 6.46. The van der Waals surface area contributed by atoms with Gasteiger partial charge < -0.3 is 10.1 Å². The Kier molecular flexibility index (Phi) is 5.56. The normalized spacial score (nSPS) is 11.0. The number of hydrogen-bond donors (Lipinski definition) is 1. The summed E-state index contributed by atoms with van der Waals surface area (Å²) in [6.45, 7) is 4.51. The van der Waals surface area contributed by atoms with Gasteiger partial charge in [-0.25, -0.2) is 9.37 Å². The zero-order valence-electron chi connectivity index (χ0n) is 11.7. The second kappa shape index (κ2) is 7.20. The Hall–Kier alpha value is -1.17. The van der Waals surface area contributed by atoms with E-state index in [2.05, 4.69) is 26.2 Å². The maximum absolute atomic E-state index is 13.4. The van der Waals surface area contributed by atoms with E-state index in [0.29, 0.717) is 33.2 Å². The second-order valence-corrected chi connectivity index (χ2v) is 6.12. The first kappa shape index (κ1) is 16.2. The quantitative estimate of drug-likeness (QED) is 0.807. The molecular weight excluding hydrogens is 359 g/mol. The zero-order valence-corrected chi connectivity index (χ0v) is 14.0. The summed E-state index contributed by atoms with van der Waals surface area (Å²) in [7, 11) is 0. The molecule has 0 bridgehead atoms. The van der Waals surface area contributed by atoms with Crippen LogP contribution in [0.3, 0.4) is 0 Å². The van der Waals surface area contributed by atoms with E-state index in [9.17, 15) is 4.39 Å². The standard InChI is InChI=1S/C15H15BrClFN2O/c1-9(2)19-7-10-5-12(18)8-20-15(10)21-14-4-3-11(17)6-13(14)16/h3-6,8-9,19H,7H2,1-2H3. The van der Waals surface area contributed by atoms with Gasteiger partial charge in [0.15, 0.2) is 0 Å². The van der Waals surface area contributed by atoms with E-state index < -0.39 is 5.82 Å². The van der Waals surface area contributed by atoms with E-state index >= 15 is 0 Å². The van der Waals surface area contributed by atoms with E-state index in [1.807, 2.05) is 13.8 Å². The lowest BCUT2D eigenvalue weighted by Gasteiger charge is -2.13. The first-order chi connectivity index (χ1) is 9.95. The minimum Gasteiger partial charge on any atom is -0.438 e. The number of pyridine rings is 1. The van der Waals surface area contributed by atoms with Crippen LogP contribution in [0, 0.1) is 5.82 Å². The van der Waals surface area contributed by atoms with Crippen LogP contribution in [-0.4, -0.2) is 11.0 Å². The molecule has 112 valence electrons. The Morgan fingerprint density at radius 1 is 1.38 bits per heavy atom. The summed E-state index contributed by atoms with van der Waals surface area (Å²) in [4.78, 5) is 4.02. The molecule has 2 rings (SSSR count). The summed E-state index contributed by atoms with van der Waals surface area (Å²) >= 11 is 9.27. The average Bonchev–Trinajstić information content (AvgIpc) is 2.41. The topological polar surface area (TPSA) is 34.2 Å². The fourth-order valence-electron chi connectivity index (χ4n) is 1.66. The zero-order chi connectivity index (χ0) is 15.4. The molecule has 2 aromatic rings. The highest BCUT2D eigenvalue weighted by Crippen LogP contribution is 2.32. The summed E-state index contributed by atoms with van der Waals surface area (Å²) < 4.78 is 19.8. The van der Waals surface area contributed by atoms with Crippen molar-refractivity contribution in [2.45, 2.75) is 26.4 Å². The highest BCUT2D eigenvalue weighted by Gasteiger charge is 2.11. The smallest absolute Gasteiger partial charge is 0.223 e. The molecule has 0 saturated carbocycles. The molecule has 21 heavy (non-hydrogen) atoms. The fraction of sp³-hybridized carbons (Fsp3) is 0.267. The third-order valence-corrected chi connectivity index (χ3v) is 3.55. The lowest BCUT2D eigenvalue weighted by atomic mass is 10.2. The number of ether oxygens (including phenoxy) is 1. The largest absolute Gasteiger partial charge is 0.438 e. The Morgan fingerprint density at radius 2 is 2.14 bits per heavy atom. The predicted octanol–water partition coefficient (Wildman–Crippen LogP) is 4.93. The van der Waals surface area contributed by atoms with Crippen LogP contribution >= 0.6 is 27.5 Å². The van der Waals surface area contributed by atoms with Crippen molar-refractivity contribution in [1.29, 1.82) is 0 Å². The van der Waals surface area contributed by atoms with Crippen LogP contribution in [0.1, 0.15) is 19.4 Å². The number of benzene rings is 1. The summed E-state index contributed by atoms with van der Waals surface area (Å²) in [6, 6.07) is 6.88. The van der Waals surface area contributed by atoms with Gasteiger partial charge in [-0.2, -0.15) is 0 Å². The lowest BCUT2D eigenvalue weighted by molar-refractivity contribution is 0.443. The molecule has 3 nitrogen and oxygen atoms in total. The van der Waals surface area contributed by atoms with Gasteiger partial charge in [-0.3, -0.25) is 0 Å². The van der Waals surface area contributed by atoms with Crippen molar-refractivity contribution in [3.63, 3.8) is 0 Å². The summed E-state index contributed by atoms with van der Waals surface area (Å²) in [5, 5.41) is 3.82. The van der Waals surface area contributed by atoms with E-state index in [-0.39, 0.29) is 6.04 Å². The summed E-state index contributed by atoms with van der Waals surface area (Å²) in [5.74, 6) is 0.551. The Morgan fingerprint density at radius 3 is 2.81 bits per heavy atom. The molecule has 1 N–H and O–H groups in total. The fourth-order valence-corrected chi connectivity index (χ4v) is 2.43. The van der Waals surface area contributed by atoms with Crippen molar-refractivity contribution in [3.8, 4) is 11.6 Å². The number of hydrogen-bond acceptors (Lipinski definition) is 3. The number of rotatable bonds is 5. The molecule has 0 unspecified atom stereocenters. The molecular formula is C15H15BrClFN2O. The van der Waals surface area contributed by atoms with Crippen LogP contribution in [0.2, 0.25) is 5.02 Å². The molecule has 6 heteroatoms. The van der Waals surface area contributed by atoms with Crippen molar-refractivity contribution >= 4 is 27.5 Å². The highest BCUT2D eigenvalue weighted by molar-refractivity contribution is 9.10. The molecule has 0 aliphatic heterocycles. The first-order valence-corrected chi connectivity index (χ1v) is 7.63. The van der Waals surface area contributed by atoms with Crippen LogP contribution in [-0.2, 0) is 6.54 Å². The molecule has 1 aromatic heterocycles. The Balaban J connectivity index is 2.26. The SMILES string of the molecule is CC(C)NCc1cc(F)cnc1Oc1ccc(Cl)cc1Br. The van der Waals surface area contributed by atoms with Gasteiger partial charge in [-0.1, -0.05) is 25.4 Å². The van der Waals surface area contributed by atoms with Crippen molar-refractivity contribution in [1.82, 2.24) is 10.3 Å². The van der Waals surface area contributed by atoms with Crippen LogP contribution in [0.5, 0.6) is 11.6 Å². The molecule has 0 aliphatic rings. The molecule has 0 aliphatic carbocycles. The van der Waals surface area contributed by atoms with Gasteiger partial charge in [0.25, 0.3) is 0 Å². The van der Waals surface area contributed by atoms with Crippen molar-refractivity contribution in [2.75, 3.05) is 0 Å². The molecule has 0 amide bonds. The Bertz CT molecular complexity index is 637. The van der Waals surface area contributed by atoms with Gasteiger partial charge in [-0.05, 0) is 40.2 Å². The highest BCUT2D eigenvalue weighted by atomic mass is 79.9. The van der Waals surface area contributed by atoms with Crippen LogP contribution in [0.4, 0.5) is 4.39 Å². The molecule has 1 heterocycles. The summed E-state index contributed by atoms with van der Waals surface area (Å²) in [5.41, 5.74) is 0.658. The van der Waals surface area contributed by atoms with Crippen molar-refractivity contribution in [2.24, 2.45) is 0 Å². The maximum Gasteiger partial charge on any atom is 0.223 e. The Labute approximate surface area is 136 Å². The summed E-state index contributed by atoms with van der Waals surface area (Å²) in [6.07, 6.45) is 1.14. The maximum atomic E-state index is 13.4. The van der Waals surface area contributed by atoms with Crippen molar-refractivity contribution < 1.29 is 9.13 Å². The number of nitrogens with zero attached hydrogens (tertiary/aromatic N) is 1. The third-order valence-electron chi connectivity index (χ3n) is 2.69. The van der Waals surface area contributed by atoms with Gasteiger partial charge in [-0.15, -0.1) is 0 Å². The van der Waals surface area contributed by atoms with Crippen molar-refractivity contribution in [3.05, 3.63) is 51.3 Å². The average molecular weight is 374 g/mol. The van der Waals surface area contributed by atoms with Crippen LogP contribution < -0.4 is 10.1 Å². The van der Waals surface area contributed by atoms with E-state index in [1.54, 1.807) is 18.2 Å². The lowest BCUT2D eigenvalue weighted by Crippen LogP contribution is -2.22. The molecule has 0 fully saturated rings. The van der Waals surface area contributed by atoms with Crippen LogP contribution in [0.25, 0.3) is 0 Å². The molecule has 0 atom stereocenters. The van der Waals surface area contributed by atoms with Gasteiger partial charge in [0, 0.05) is 23.2 Å². The van der Waals surface area contributed by atoms with Gasteiger partial charge in [0.05, 0.1) is 10.7 Å². The monoisotopic (exact) mass is 372 g/mol. The van der Waals surface area contributed by atoms with Gasteiger partial charge in [0.1, 0.15) is 11.6 Å². The van der Waals surface area contributed by atoms with Gasteiger partial charge >= 0.3 is 0 Å². The van der Waals surface area contributed by atoms with E-state index in [1.165, 1.54) is 6.07 Å². The van der Waals surface area contributed by atoms with Crippen LogP contribution in [0.15, 0.2) is 34.9 Å². The number of halogens is 3. The minimum absolute atomic E-state index is 0.281. The molecule has 1 aromatic carbocycles. The van der Waals surface area contributed by atoms with E-state index in [0.717, 1.165) is 6.20 Å². The molecule has 0 saturated heterocycles. The number of nitrogens with one attached hydrogen (secondary N) is 1. The third kappa shape index (κ3) is 4.66.